The molecular weight excluding hydrogens is 465 g/mol. The van der Waals surface area contributed by atoms with Crippen molar-refractivity contribution in [1.82, 2.24) is 10.3 Å². The average molecular weight is 494 g/mol. The predicted molar refractivity (Wildman–Crippen MR) is 130 cm³/mol. The van der Waals surface area contributed by atoms with Crippen molar-refractivity contribution >= 4 is 46.8 Å². The molecule has 2 atom stereocenters. The Hall–Kier alpha value is -2.64. The van der Waals surface area contributed by atoms with Gasteiger partial charge in [0.1, 0.15) is 6.04 Å². The molecule has 0 spiro atoms. The number of hydrogen-bond donors (Lipinski definition) is 2. The highest BCUT2D eigenvalue weighted by Gasteiger charge is 2.29. The number of amides is 2. The molecule has 2 amide bonds. The number of carbonyl (C=O) groups excluding carboxylic acids is 3. The molecule has 178 valence electrons. The van der Waals surface area contributed by atoms with Crippen LogP contribution in [0, 0.1) is 5.92 Å². The van der Waals surface area contributed by atoms with Gasteiger partial charge in [0.15, 0.2) is 11.9 Å². The van der Waals surface area contributed by atoms with Crippen LogP contribution in [0.25, 0.3) is 0 Å². The first-order valence-electron chi connectivity index (χ1n) is 10.5. The van der Waals surface area contributed by atoms with E-state index in [9.17, 15) is 14.4 Å². The fraction of sp³-hybridized carbons (Fsp3) is 0.417. The van der Waals surface area contributed by atoms with Crippen LogP contribution in [0.2, 0.25) is 10.0 Å². The largest absolute Gasteiger partial charge is 0.451 e. The van der Waals surface area contributed by atoms with Crippen molar-refractivity contribution < 1.29 is 19.1 Å². The molecule has 9 heteroatoms. The second-order valence-corrected chi connectivity index (χ2v) is 9.92. The van der Waals surface area contributed by atoms with E-state index in [1.807, 2.05) is 12.1 Å². The zero-order valence-corrected chi connectivity index (χ0v) is 21.0. The number of esters is 1. The van der Waals surface area contributed by atoms with Crippen molar-refractivity contribution in [2.75, 3.05) is 5.32 Å². The number of nitrogens with one attached hydrogen (secondary N) is 2. The average Bonchev–Trinajstić information content (AvgIpc) is 2.72. The van der Waals surface area contributed by atoms with Crippen LogP contribution < -0.4 is 10.6 Å². The van der Waals surface area contributed by atoms with Crippen molar-refractivity contribution in [3.8, 4) is 0 Å². The van der Waals surface area contributed by atoms with Crippen molar-refractivity contribution in [3.05, 3.63) is 57.7 Å². The smallest absolute Gasteiger partial charge is 0.329 e. The summed E-state index contributed by atoms with van der Waals surface area (Å²) in [5.41, 5.74) is 1.48. The third kappa shape index (κ3) is 7.44. The van der Waals surface area contributed by atoms with E-state index >= 15 is 0 Å². The maximum absolute atomic E-state index is 12.7. The molecule has 0 radical (unpaired) electrons. The molecule has 1 aromatic carbocycles. The number of pyridine rings is 1. The fourth-order valence-electron chi connectivity index (χ4n) is 2.87. The molecule has 33 heavy (non-hydrogen) atoms. The van der Waals surface area contributed by atoms with Crippen LogP contribution in [-0.4, -0.2) is 34.9 Å². The Kier molecular flexibility index (Phi) is 8.86. The minimum Gasteiger partial charge on any atom is -0.451 e. The topological polar surface area (TPSA) is 97.4 Å². The molecule has 2 rings (SSSR count). The monoisotopic (exact) mass is 493 g/mol. The molecule has 0 fully saturated rings. The number of halogens is 2. The Bertz CT molecular complexity index is 1020. The lowest BCUT2D eigenvalue weighted by atomic mass is 9.86. The van der Waals surface area contributed by atoms with Crippen molar-refractivity contribution in [3.63, 3.8) is 0 Å². The van der Waals surface area contributed by atoms with Crippen LogP contribution >= 0.6 is 23.2 Å². The molecule has 1 heterocycles. The summed E-state index contributed by atoms with van der Waals surface area (Å²) in [4.78, 5) is 41.8. The summed E-state index contributed by atoms with van der Waals surface area (Å²) in [5, 5.41) is 5.67. The summed E-state index contributed by atoms with van der Waals surface area (Å²) in [6.45, 7) is 11.2. The van der Waals surface area contributed by atoms with Gasteiger partial charge >= 0.3 is 5.97 Å². The first-order chi connectivity index (χ1) is 15.3. The van der Waals surface area contributed by atoms with Gasteiger partial charge in [0.25, 0.3) is 11.8 Å². The SMILES string of the molecule is CC(OC(=O)[C@@H](NC(=O)c1ccc(C(C)(C)C)cc1)C(C)C)C(=O)Nc1ncc(Cl)cc1Cl. The minimum absolute atomic E-state index is 0.0399. The van der Waals surface area contributed by atoms with Gasteiger partial charge in [-0.15, -0.1) is 0 Å². The summed E-state index contributed by atoms with van der Waals surface area (Å²) in [5.74, 6) is -1.91. The lowest BCUT2D eigenvalue weighted by molar-refractivity contribution is -0.156. The van der Waals surface area contributed by atoms with Gasteiger partial charge in [-0.2, -0.15) is 0 Å². The van der Waals surface area contributed by atoms with Gasteiger partial charge in [-0.1, -0.05) is 70.0 Å². The van der Waals surface area contributed by atoms with E-state index in [0.29, 0.717) is 10.6 Å². The van der Waals surface area contributed by atoms with E-state index in [0.717, 1.165) is 5.56 Å². The molecule has 2 aromatic rings. The van der Waals surface area contributed by atoms with Gasteiger partial charge in [0.2, 0.25) is 0 Å². The van der Waals surface area contributed by atoms with E-state index in [1.165, 1.54) is 19.2 Å². The number of rotatable bonds is 7. The molecule has 0 bridgehead atoms. The van der Waals surface area contributed by atoms with Crippen LogP contribution in [-0.2, 0) is 19.7 Å². The fourth-order valence-corrected chi connectivity index (χ4v) is 3.30. The Labute approximate surface area is 204 Å². The second-order valence-electron chi connectivity index (χ2n) is 9.07. The maximum Gasteiger partial charge on any atom is 0.329 e. The summed E-state index contributed by atoms with van der Waals surface area (Å²) in [6.07, 6.45) is 0.188. The maximum atomic E-state index is 12.7. The molecular formula is C24H29Cl2N3O4. The third-order valence-electron chi connectivity index (χ3n) is 4.93. The molecule has 0 saturated carbocycles. The van der Waals surface area contributed by atoms with Gasteiger partial charge < -0.3 is 15.4 Å². The van der Waals surface area contributed by atoms with Crippen LogP contribution in [0.4, 0.5) is 5.82 Å². The molecule has 1 aromatic heterocycles. The lowest BCUT2D eigenvalue weighted by Crippen LogP contribution is -2.47. The van der Waals surface area contributed by atoms with Crippen LogP contribution in [0.5, 0.6) is 0 Å². The van der Waals surface area contributed by atoms with Crippen molar-refractivity contribution in [1.29, 1.82) is 0 Å². The van der Waals surface area contributed by atoms with Gasteiger partial charge in [0.05, 0.1) is 10.0 Å². The highest BCUT2D eigenvalue weighted by Crippen LogP contribution is 2.23. The number of benzene rings is 1. The molecule has 2 N–H and O–H groups in total. The number of aromatic nitrogens is 1. The molecule has 1 unspecified atom stereocenters. The summed E-state index contributed by atoms with van der Waals surface area (Å²) in [7, 11) is 0. The first-order valence-corrected chi connectivity index (χ1v) is 11.3. The molecule has 0 saturated heterocycles. The van der Waals surface area contributed by atoms with Crippen LogP contribution in [0.3, 0.4) is 0 Å². The normalized spacial score (nSPS) is 13.2. The predicted octanol–water partition coefficient (Wildman–Crippen LogP) is 5.01. The summed E-state index contributed by atoms with van der Waals surface area (Å²) >= 11 is 11.8. The van der Waals surface area contributed by atoms with Crippen molar-refractivity contribution in [2.45, 2.75) is 59.1 Å². The molecule has 0 aliphatic heterocycles. The second kappa shape index (κ2) is 11.0. The number of anilines is 1. The highest BCUT2D eigenvalue weighted by molar-refractivity contribution is 6.36. The van der Waals surface area contributed by atoms with E-state index < -0.39 is 29.9 Å². The standard InChI is InChI=1S/C24H29Cl2N3O4/c1-13(2)19(28-22(31)15-7-9-16(10-8-15)24(4,5)6)23(32)33-14(3)21(30)29-20-18(26)11-17(25)12-27-20/h7-14,19H,1-6H3,(H,28,31)(H,27,29,30)/t14?,19-/m0/s1. The van der Waals surface area contributed by atoms with Gasteiger partial charge in [-0.05, 0) is 42.0 Å². The third-order valence-corrected chi connectivity index (χ3v) is 5.43. The van der Waals surface area contributed by atoms with Crippen molar-refractivity contribution in [2.24, 2.45) is 5.92 Å². The van der Waals surface area contributed by atoms with Gasteiger partial charge in [0, 0.05) is 11.8 Å². The molecule has 7 nitrogen and oxygen atoms in total. The quantitative estimate of drug-likeness (QED) is 0.528. The zero-order chi connectivity index (χ0) is 24.9. The molecule has 0 aliphatic rings. The Balaban J connectivity index is 2.03. The molecule has 0 aliphatic carbocycles. The number of carbonyl (C=O) groups is 3. The lowest BCUT2D eigenvalue weighted by Gasteiger charge is -2.23. The van der Waals surface area contributed by atoms with E-state index in [-0.39, 0.29) is 22.2 Å². The Morgan fingerprint density at radius 3 is 2.15 bits per heavy atom. The summed E-state index contributed by atoms with van der Waals surface area (Å²) < 4.78 is 5.31. The number of hydrogen-bond acceptors (Lipinski definition) is 5. The van der Waals surface area contributed by atoms with Crippen LogP contribution in [0.1, 0.15) is 57.5 Å². The zero-order valence-electron chi connectivity index (χ0n) is 19.5. The Morgan fingerprint density at radius 1 is 1.03 bits per heavy atom. The first kappa shape index (κ1) is 26.6. The van der Waals surface area contributed by atoms with Gasteiger partial charge in [-0.3, -0.25) is 9.59 Å². The number of nitrogens with zero attached hydrogens (tertiary/aromatic N) is 1. The number of ether oxygens (including phenoxy) is 1. The Morgan fingerprint density at radius 2 is 1.64 bits per heavy atom. The van der Waals surface area contributed by atoms with E-state index in [2.05, 4.69) is 36.4 Å². The van der Waals surface area contributed by atoms with E-state index in [4.69, 9.17) is 27.9 Å². The van der Waals surface area contributed by atoms with E-state index in [1.54, 1.807) is 26.0 Å². The summed E-state index contributed by atoms with van der Waals surface area (Å²) in [6, 6.07) is 7.71. The van der Waals surface area contributed by atoms with Gasteiger partial charge in [-0.25, -0.2) is 9.78 Å². The van der Waals surface area contributed by atoms with Crippen LogP contribution in [0.15, 0.2) is 36.5 Å². The minimum atomic E-state index is -1.14. The highest BCUT2D eigenvalue weighted by atomic mass is 35.5.